The van der Waals surface area contributed by atoms with Gasteiger partial charge in [0.15, 0.2) is 0 Å². The number of methoxy groups -OCH3 is 1. The molecule has 20 heavy (non-hydrogen) atoms. The molecule has 1 aliphatic carbocycles. The molecule has 0 atom stereocenters. The number of benzene rings is 1. The number of rotatable bonds is 2. The van der Waals surface area contributed by atoms with Gasteiger partial charge in [0.05, 0.1) is 12.5 Å². The Bertz CT molecular complexity index is 743. The number of carbonyl (C=O) groups is 1. The van der Waals surface area contributed by atoms with Gasteiger partial charge in [-0.15, -0.1) is 0 Å². The van der Waals surface area contributed by atoms with Gasteiger partial charge in [0, 0.05) is 12.0 Å². The van der Waals surface area contributed by atoms with Crippen LogP contribution in [0.1, 0.15) is 41.3 Å². The Balaban J connectivity index is 2.32. The van der Waals surface area contributed by atoms with Crippen LogP contribution >= 0.6 is 0 Å². The number of halogens is 1. The molecule has 3 rings (SSSR count). The first-order valence-electron chi connectivity index (χ1n) is 6.46. The molecule has 1 fully saturated rings. The van der Waals surface area contributed by atoms with E-state index in [4.69, 9.17) is 4.42 Å². The summed E-state index contributed by atoms with van der Waals surface area (Å²) in [6.07, 6.45) is 2.73. The molecular formula is C15H13FO4. The molecule has 0 spiro atoms. The molecule has 4 nitrogen and oxygen atoms in total. The topological polar surface area (TPSA) is 56.5 Å². The van der Waals surface area contributed by atoms with Gasteiger partial charge in [0.1, 0.15) is 22.7 Å². The van der Waals surface area contributed by atoms with Crippen molar-refractivity contribution in [3.8, 4) is 0 Å². The molecular weight excluding hydrogens is 263 g/mol. The molecule has 0 aliphatic heterocycles. The Morgan fingerprint density at radius 1 is 1.40 bits per heavy atom. The van der Waals surface area contributed by atoms with Gasteiger partial charge in [0.2, 0.25) is 5.43 Å². The van der Waals surface area contributed by atoms with Crippen molar-refractivity contribution >= 4 is 16.9 Å². The van der Waals surface area contributed by atoms with E-state index in [1.165, 1.54) is 25.3 Å². The zero-order valence-corrected chi connectivity index (χ0v) is 10.9. The van der Waals surface area contributed by atoms with Gasteiger partial charge in [-0.1, -0.05) is 6.42 Å². The first-order valence-corrected chi connectivity index (χ1v) is 6.46. The van der Waals surface area contributed by atoms with E-state index in [0.717, 1.165) is 19.3 Å². The van der Waals surface area contributed by atoms with Crippen LogP contribution in [-0.4, -0.2) is 13.1 Å². The summed E-state index contributed by atoms with van der Waals surface area (Å²) in [7, 11) is 1.22. The van der Waals surface area contributed by atoms with E-state index < -0.39 is 17.2 Å². The van der Waals surface area contributed by atoms with Crippen LogP contribution in [0.5, 0.6) is 0 Å². The second-order valence-electron chi connectivity index (χ2n) is 4.93. The molecule has 0 radical (unpaired) electrons. The number of esters is 1. The lowest BCUT2D eigenvalue weighted by Gasteiger charge is -2.25. The number of carbonyl (C=O) groups excluding carboxylic acids is 1. The Hall–Kier alpha value is -2.17. The van der Waals surface area contributed by atoms with Gasteiger partial charge < -0.3 is 9.15 Å². The van der Waals surface area contributed by atoms with E-state index in [-0.39, 0.29) is 22.5 Å². The second-order valence-corrected chi connectivity index (χ2v) is 4.93. The van der Waals surface area contributed by atoms with E-state index in [2.05, 4.69) is 4.74 Å². The fraction of sp³-hybridized carbons (Fsp3) is 0.333. The minimum absolute atomic E-state index is 0.0319. The van der Waals surface area contributed by atoms with E-state index in [9.17, 15) is 14.0 Å². The van der Waals surface area contributed by atoms with E-state index in [1.807, 2.05) is 0 Å². The van der Waals surface area contributed by atoms with Crippen molar-refractivity contribution < 1.29 is 18.3 Å². The molecule has 5 heteroatoms. The first kappa shape index (κ1) is 12.8. The zero-order valence-electron chi connectivity index (χ0n) is 10.9. The molecule has 0 bridgehead atoms. The van der Waals surface area contributed by atoms with Gasteiger partial charge in [-0.2, -0.15) is 0 Å². The van der Waals surface area contributed by atoms with Gasteiger partial charge in [-0.05, 0) is 25.0 Å². The lowest BCUT2D eigenvalue weighted by Crippen LogP contribution is -2.23. The molecule has 0 saturated heterocycles. The Kier molecular flexibility index (Phi) is 3.04. The highest BCUT2D eigenvalue weighted by Crippen LogP contribution is 2.38. The van der Waals surface area contributed by atoms with Crippen LogP contribution in [-0.2, 0) is 4.74 Å². The first-order chi connectivity index (χ1) is 9.61. The average Bonchev–Trinajstić information content (AvgIpc) is 2.36. The molecule has 104 valence electrons. The average molecular weight is 276 g/mol. The molecule has 1 heterocycles. The van der Waals surface area contributed by atoms with Crippen molar-refractivity contribution in [1.82, 2.24) is 0 Å². The highest BCUT2D eigenvalue weighted by atomic mass is 19.1. The third-order valence-corrected chi connectivity index (χ3v) is 3.75. The molecule has 0 N–H and O–H groups in total. The normalized spacial score (nSPS) is 15.1. The largest absolute Gasteiger partial charge is 0.465 e. The van der Waals surface area contributed by atoms with Crippen LogP contribution in [0.2, 0.25) is 0 Å². The van der Waals surface area contributed by atoms with Crippen LogP contribution in [0.3, 0.4) is 0 Å². The predicted molar refractivity (Wildman–Crippen MR) is 70.4 cm³/mol. The molecule has 2 aromatic rings. The fourth-order valence-electron chi connectivity index (χ4n) is 2.44. The summed E-state index contributed by atoms with van der Waals surface area (Å²) >= 11 is 0. The molecule has 0 unspecified atom stereocenters. The monoisotopic (exact) mass is 276 g/mol. The van der Waals surface area contributed by atoms with Crippen molar-refractivity contribution in [2.75, 3.05) is 7.11 Å². The maximum atomic E-state index is 13.3. The van der Waals surface area contributed by atoms with E-state index in [0.29, 0.717) is 5.76 Å². The van der Waals surface area contributed by atoms with Crippen LogP contribution < -0.4 is 5.43 Å². The van der Waals surface area contributed by atoms with Gasteiger partial charge in [-0.3, -0.25) is 4.79 Å². The van der Waals surface area contributed by atoms with E-state index >= 15 is 0 Å². The molecule has 1 aromatic heterocycles. The van der Waals surface area contributed by atoms with Crippen molar-refractivity contribution in [2.24, 2.45) is 0 Å². The molecule has 1 aliphatic rings. The maximum Gasteiger partial charge on any atom is 0.345 e. The second kappa shape index (κ2) is 4.74. The SMILES string of the molecule is COC(=O)c1c(C2CCC2)oc2cc(F)ccc2c1=O. The summed E-state index contributed by atoms with van der Waals surface area (Å²) in [5.74, 6) is -0.825. The lowest BCUT2D eigenvalue weighted by atomic mass is 9.81. The fourth-order valence-corrected chi connectivity index (χ4v) is 2.44. The third-order valence-electron chi connectivity index (χ3n) is 3.75. The van der Waals surface area contributed by atoms with Crippen LogP contribution in [0, 0.1) is 5.82 Å². The van der Waals surface area contributed by atoms with Crippen molar-refractivity contribution in [3.05, 3.63) is 45.6 Å². The quantitative estimate of drug-likeness (QED) is 0.791. The summed E-state index contributed by atoms with van der Waals surface area (Å²) in [4.78, 5) is 24.3. The van der Waals surface area contributed by atoms with Crippen molar-refractivity contribution in [3.63, 3.8) is 0 Å². The molecule has 0 amide bonds. The lowest BCUT2D eigenvalue weighted by molar-refractivity contribution is 0.0592. The highest BCUT2D eigenvalue weighted by Gasteiger charge is 2.31. The number of fused-ring (bicyclic) bond motifs is 1. The summed E-state index contributed by atoms with van der Waals surface area (Å²) in [6, 6.07) is 3.66. The minimum atomic E-state index is -0.702. The summed E-state index contributed by atoms with van der Waals surface area (Å²) < 4.78 is 23.6. The third kappa shape index (κ3) is 1.90. The Morgan fingerprint density at radius 2 is 2.15 bits per heavy atom. The van der Waals surface area contributed by atoms with E-state index in [1.54, 1.807) is 0 Å². The molecule has 1 saturated carbocycles. The van der Waals surface area contributed by atoms with Crippen molar-refractivity contribution in [1.29, 1.82) is 0 Å². The predicted octanol–water partition coefficient (Wildman–Crippen LogP) is 2.99. The number of ether oxygens (including phenoxy) is 1. The van der Waals surface area contributed by atoms with Gasteiger partial charge >= 0.3 is 5.97 Å². The standard InChI is InChI=1S/C15H13FO4/c1-19-15(18)12-13(17)10-6-5-9(16)7-11(10)20-14(12)8-3-2-4-8/h5-8H,2-4H2,1H3. The Morgan fingerprint density at radius 3 is 2.75 bits per heavy atom. The highest BCUT2D eigenvalue weighted by molar-refractivity contribution is 5.94. The van der Waals surface area contributed by atoms with Gasteiger partial charge in [0.25, 0.3) is 0 Å². The summed E-state index contributed by atoms with van der Waals surface area (Å²) in [5.41, 5.74) is -0.346. The summed E-state index contributed by atoms with van der Waals surface area (Å²) in [5, 5.41) is 0.190. The maximum absolute atomic E-state index is 13.3. The van der Waals surface area contributed by atoms with Crippen LogP contribution in [0.4, 0.5) is 4.39 Å². The van der Waals surface area contributed by atoms with Gasteiger partial charge in [-0.25, -0.2) is 9.18 Å². The number of hydrogen-bond acceptors (Lipinski definition) is 4. The number of hydrogen-bond donors (Lipinski definition) is 0. The van der Waals surface area contributed by atoms with Crippen LogP contribution in [0.15, 0.2) is 27.4 Å². The summed E-state index contributed by atoms with van der Waals surface area (Å²) in [6.45, 7) is 0. The molecule has 1 aromatic carbocycles. The Labute approximate surface area is 114 Å². The smallest absolute Gasteiger partial charge is 0.345 e. The minimum Gasteiger partial charge on any atom is -0.465 e. The van der Waals surface area contributed by atoms with Crippen molar-refractivity contribution in [2.45, 2.75) is 25.2 Å². The zero-order chi connectivity index (χ0) is 14.3. The van der Waals surface area contributed by atoms with Crippen LogP contribution in [0.25, 0.3) is 11.0 Å².